The van der Waals surface area contributed by atoms with Crippen LogP contribution < -0.4 is 16.0 Å². The van der Waals surface area contributed by atoms with Crippen LogP contribution in [-0.4, -0.2) is 31.0 Å². The molecule has 0 aliphatic rings. The van der Waals surface area contributed by atoms with Crippen molar-refractivity contribution in [2.45, 2.75) is 53.1 Å². The fourth-order valence-corrected chi connectivity index (χ4v) is 2.01. The third-order valence-corrected chi connectivity index (χ3v) is 3.22. The monoisotopic (exact) mass is 318 g/mol. The molecule has 0 fully saturated rings. The van der Waals surface area contributed by atoms with Gasteiger partial charge in [-0.15, -0.1) is 0 Å². The first-order chi connectivity index (χ1) is 11.1. The minimum atomic E-state index is -0.0108. The van der Waals surface area contributed by atoms with Crippen LogP contribution in [-0.2, 0) is 6.54 Å². The van der Waals surface area contributed by atoms with Crippen molar-refractivity contribution in [3.05, 3.63) is 35.4 Å². The number of hydrogen-bond acceptors (Lipinski definition) is 2. The van der Waals surface area contributed by atoms with Gasteiger partial charge in [0.05, 0.1) is 6.54 Å². The number of amides is 1. The lowest BCUT2D eigenvalue weighted by Crippen LogP contribution is -2.40. The first-order valence-electron chi connectivity index (χ1n) is 8.48. The topological polar surface area (TPSA) is 65.5 Å². The largest absolute Gasteiger partial charge is 0.357 e. The van der Waals surface area contributed by atoms with E-state index in [1.165, 1.54) is 0 Å². The molecule has 0 aliphatic carbocycles. The van der Waals surface area contributed by atoms with Crippen molar-refractivity contribution in [1.29, 1.82) is 0 Å². The second-order valence-corrected chi connectivity index (χ2v) is 5.80. The normalized spacial score (nSPS) is 11.4. The lowest BCUT2D eigenvalue weighted by atomic mass is 10.1. The van der Waals surface area contributed by atoms with Crippen molar-refractivity contribution < 1.29 is 4.79 Å². The van der Waals surface area contributed by atoms with Crippen molar-refractivity contribution in [1.82, 2.24) is 16.0 Å². The van der Waals surface area contributed by atoms with Gasteiger partial charge in [-0.2, -0.15) is 0 Å². The number of nitrogens with one attached hydrogen (secondary N) is 3. The molecule has 1 rings (SSSR count). The van der Waals surface area contributed by atoms with E-state index in [9.17, 15) is 4.79 Å². The molecule has 1 aromatic carbocycles. The van der Waals surface area contributed by atoms with Crippen LogP contribution >= 0.6 is 0 Å². The molecular weight excluding hydrogens is 288 g/mol. The second kappa shape index (κ2) is 10.6. The van der Waals surface area contributed by atoms with Crippen LogP contribution in [0.4, 0.5) is 0 Å². The third-order valence-electron chi connectivity index (χ3n) is 3.22. The van der Waals surface area contributed by atoms with Crippen molar-refractivity contribution in [2.24, 2.45) is 4.99 Å². The highest BCUT2D eigenvalue weighted by Crippen LogP contribution is 2.06. The Labute approximate surface area is 140 Å². The lowest BCUT2D eigenvalue weighted by Gasteiger charge is -2.14. The maximum absolute atomic E-state index is 11.9. The zero-order chi connectivity index (χ0) is 17.1. The Hall–Kier alpha value is -2.04. The number of benzene rings is 1. The number of hydrogen-bond donors (Lipinski definition) is 3. The van der Waals surface area contributed by atoms with Gasteiger partial charge in [0, 0.05) is 24.7 Å². The van der Waals surface area contributed by atoms with E-state index >= 15 is 0 Å². The van der Waals surface area contributed by atoms with Crippen LogP contribution in [0.3, 0.4) is 0 Å². The summed E-state index contributed by atoms with van der Waals surface area (Å²) in [7, 11) is 0. The third kappa shape index (κ3) is 7.68. The maximum Gasteiger partial charge on any atom is 0.251 e. The summed E-state index contributed by atoms with van der Waals surface area (Å²) in [6.07, 6.45) is 2.09. The molecule has 0 aromatic heterocycles. The average Bonchev–Trinajstić information content (AvgIpc) is 2.53. The van der Waals surface area contributed by atoms with E-state index in [4.69, 9.17) is 0 Å². The number of unbranched alkanes of at least 4 members (excludes halogenated alkanes) is 1. The molecule has 3 N–H and O–H groups in total. The molecule has 0 atom stereocenters. The van der Waals surface area contributed by atoms with Crippen molar-refractivity contribution >= 4 is 11.9 Å². The van der Waals surface area contributed by atoms with E-state index in [1.807, 2.05) is 31.2 Å². The summed E-state index contributed by atoms with van der Waals surface area (Å²) in [4.78, 5) is 16.5. The van der Waals surface area contributed by atoms with Crippen molar-refractivity contribution in [3.63, 3.8) is 0 Å². The van der Waals surface area contributed by atoms with E-state index in [0.717, 1.165) is 37.5 Å². The van der Waals surface area contributed by atoms with Crippen LogP contribution in [0.5, 0.6) is 0 Å². The molecule has 0 heterocycles. The van der Waals surface area contributed by atoms with Crippen molar-refractivity contribution in [3.8, 4) is 0 Å². The highest BCUT2D eigenvalue weighted by atomic mass is 16.1. The van der Waals surface area contributed by atoms with E-state index < -0.39 is 0 Å². The lowest BCUT2D eigenvalue weighted by molar-refractivity contribution is 0.0953. The highest BCUT2D eigenvalue weighted by molar-refractivity contribution is 5.94. The van der Waals surface area contributed by atoms with Gasteiger partial charge in [0.2, 0.25) is 0 Å². The Morgan fingerprint density at radius 1 is 1.13 bits per heavy atom. The second-order valence-electron chi connectivity index (χ2n) is 5.80. The van der Waals surface area contributed by atoms with Gasteiger partial charge in [0.15, 0.2) is 5.96 Å². The van der Waals surface area contributed by atoms with E-state index in [-0.39, 0.29) is 5.91 Å². The number of guanidine groups is 1. The van der Waals surface area contributed by atoms with Gasteiger partial charge in [-0.3, -0.25) is 4.79 Å². The van der Waals surface area contributed by atoms with Gasteiger partial charge in [0.25, 0.3) is 5.91 Å². The average molecular weight is 318 g/mol. The summed E-state index contributed by atoms with van der Waals surface area (Å²) >= 11 is 0. The molecule has 5 nitrogen and oxygen atoms in total. The molecule has 5 heteroatoms. The first kappa shape index (κ1) is 19.0. The van der Waals surface area contributed by atoms with Crippen LogP contribution in [0.2, 0.25) is 0 Å². The van der Waals surface area contributed by atoms with E-state index in [1.54, 1.807) is 0 Å². The van der Waals surface area contributed by atoms with E-state index in [2.05, 4.69) is 41.7 Å². The maximum atomic E-state index is 11.9. The van der Waals surface area contributed by atoms with Gasteiger partial charge in [-0.25, -0.2) is 4.99 Å². The summed E-state index contributed by atoms with van der Waals surface area (Å²) in [6.45, 7) is 10.5. The SMILES string of the molecule is CCCCNC(=O)c1ccc(CN=C(NCC)NC(C)C)cc1. The molecule has 23 heavy (non-hydrogen) atoms. The smallest absolute Gasteiger partial charge is 0.251 e. The quantitative estimate of drug-likeness (QED) is 0.392. The number of carbonyl (C=O) groups is 1. The summed E-state index contributed by atoms with van der Waals surface area (Å²) < 4.78 is 0. The Kier molecular flexibility index (Phi) is 8.80. The molecule has 128 valence electrons. The fourth-order valence-electron chi connectivity index (χ4n) is 2.01. The predicted octanol–water partition coefficient (Wildman–Crippen LogP) is 2.68. The summed E-state index contributed by atoms with van der Waals surface area (Å²) in [5.74, 6) is 0.798. The molecule has 0 saturated carbocycles. The number of aliphatic imine (C=N–C) groups is 1. The van der Waals surface area contributed by atoms with E-state index in [0.29, 0.717) is 18.2 Å². The fraction of sp³-hybridized carbons (Fsp3) is 0.556. The van der Waals surface area contributed by atoms with Crippen LogP contribution in [0.25, 0.3) is 0 Å². The van der Waals surface area contributed by atoms with Gasteiger partial charge in [-0.1, -0.05) is 25.5 Å². The minimum absolute atomic E-state index is 0.0108. The number of rotatable bonds is 8. The standard InChI is InChI=1S/C18H30N4O/c1-5-7-12-20-17(23)16-10-8-15(9-11-16)13-21-18(19-6-2)22-14(3)4/h8-11,14H,5-7,12-13H2,1-4H3,(H,20,23)(H2,19,21,22). The Morgan fingerprint density at radius 2 is 1.83 bits per heavy atom. The highest BCUT2D eigenvalue weighted by Gasteiger charge is 2.04. The van der Waals surface area contributed by atoms with Crippen molar-refractivity contribution in [2.75, 3.05) is 13.1 Å². The molecule has 1 amide bonds. The summed E-state index contributed by atoms with van der Waals surface area (Å²) in [6, 6.07) is 7.96. The van der Waals surface area contributed by atoms with Gasteiger partial charge in [0.1, 0.15) is 0 Å². The Morgan fingerprint density at radius 3 is 2.39 bits per heavy atom. The summed E-state index contributed by atoms with van der Waals surface area (Å²) in [5, 5.41) is 9.42. The molecular formula is C18H30N4O. The number of nitrogens with zero attached hydrogens (tertiary/aromatic N) is 1. The van der Waals surface area contributed by atoms with Crippen LogP contribution in [0.1, 0.15) is 56.5 Å². The summed E-state index contributed by atoms with van der Waals surface area (Å²) in [5.41, 5.74) is 1.78. The Balaban J connectivity index is 2.60. The molecule has 0 bridgehead atoms. The minimum Gasteiger partial charge on any atom is -0.357 e. The van der Waals surface area contributed by atoms with Crippen LogP contribution in [0, 0.1) is 0 Å². The molecule has 0 spiro atoms. The molecule has 0 radical (unpaired) electrons. The van der Waals surface area contributed by atoms with Gasteiger partial charge in [-0.05, 0) is 44.9 Å². The predicted molar refractivity (Wildman–Crippen MR) is 96.8 cm³/mol. The van der Waals surface area contributed by atoms with Gasteiger partial charge < -0.3 is 16.0 Å². The zero-order valence-corrected chi connectivity index (χ0v) is 14.8. The molecule has 0 unspecified atom stereocenters. The first-order valence-corrected chi connectivity index (χ1v) is 8.48. The Bertz CT molecular complexity index is 494. The van der Waals surface area contributed by atoms with Crippen LogP contribution in [0.15, 0.2) is 29.3 Å². The molecule has 0 saturated heterocycles. The number of carbonyl (C=O) groups excluding carboxylic acids is 1. The zero-order valence-electron chi connectivity index (χ0n) is 14.8. The van der Waals surface area contributed by atoms with Gasteiger partial charge >= 0.3 is 0 Å². The molecule has 1 aromatic rings. The molecule has 0 aliphatic heterocycles.